The van der Waals surface area contributed by atoms with Gasteiger partial charge in [-0.15, -0.1) is 5.76 Å². The van der Waals surface area contributed by atoms with Gasteiger partial charge in [0, 0.05) is 0 Å². The second-order valence-corrected chi connectivity index (χ2v) is 4.97. The van der Waals surface area contributed by atoms with E-state index >= 15 is 0 Å². The van der Waals surface area contributed by atoms with Crippen LogP contribution in [-0.2, 0) is 4.79 Å². The summed E-state index contributed by atoms with van der Waals surface area (Å²) in [5.41, 5.74) is 1.25. The Balaban J connectivity index is 0.00000196. The molecule has 0 amide bonds. The summed E-state index contributed by atoms with van der Waals surface area (Å²) in [7, 11) is 0. The Labute approximate surface area is 117 Å². The van der Waals surface area contributed by atoms with E-state index < -0.39 is 4.75 Å². The summed E-state index contributed by atoms with van der Waals surface area (Å²) in [5.74, 6) is -0.0892. The molecule has 0 aromatic heterocycles. The SMILES string of the molecule is C=C/C(C)=C\[C@@]1(C)SC(=O)C(C)=C1[O-].[Na+]. The first-order chi connectivity index (χ1) is 6.40. The summed E-state index contributed by atoms with van der Waals surface area (Å²) < 4.78 is -0.723. The first-order valence-corrected chi connectivity index (χ1v) is 5.16. The van der Waals surface area contributed by atoms with E-state index in [1.54, 1.807) is 26.0 Å². The summed E-state index contributed by atoms with van der Waals surface area (Å²) in [6, 6.07) is 0. The third-order valence-corrected chi connectivity index (χ3v) is 3.45. The van der Waals surface area contributed by atoms with E-state index in [2.05, 4.69) is 6.58 Å². The fraction of sp³-hybridized carbons (Fsp3) is 0.364. The summed E-state index contributed by atoms with van der Waals surface area (Å²) in [5, 5.41) is 11.6. The third kappa shape index (κ3) is 3.00. The molecule has 0 bridgehead atoms. The maximum Gasteiger partial charge on any atom is 1.00 e. The number of allylic oxidation sites excluding steroid dienone is 2. The van der Waals surface area contributed by atoms with E-state index in [-0.39, 0.29) is 40.4 Å². The molecule has 1 rings (SSSR count). The number of hydrogen-bond acceptors (Lipinski definition) is 3. The van der Waals surface area contributed by atoms with Crippen molar-refractivity contribution in [1.29, 1.82) is 0 Å². The molecule has 0 aromatic rings. The van der Waals surface area contributed by atoms with Crippen molar-refractivity contribution in [2.45, 2.75) is 25.5 Å². The smallest absolute Gasteiger partial charge is 0.874 e. The minimum atomic E-state index is -0.723. The average Bonchev–Trinajstić information content (AvgIpc) is 2.30. The molecular formula is C11H13NaO2S. The van der Waals surface area contributed by atoms with E-state index in [4.69, 9.17) is 0 Å². The van der Waals surface area contributed by atoms with Gasteiger partial charge >= 0.3 is 29.6 Å². The number of rotatable bonds is 2. The van der Waals surface area contributed by atoms with Crippen molar-refractivity contribution in [3.05, 3.63) is 35.6 Å². The molecule has 0 aromatic carbocycles. The fourth-order valence-corrected chi connectivity index (χ4v) is 2.49. The molecule has 0 radical (unpaired) electrons. The quantitative estimate of drug-likeness (QED) is 0.443. The number of thioether (sulfide) groups is 1. The Hall–Kier alpha value is 0.0400. The van der Waals surface area contributed by atoms with Crippen molar-refractivity contribution in [3.63, 3.8) is 0 Å². The normalized spacial score (nSPS) is 26.6. The number of hydrogen-bond donors (Lipinski definition) is 0. The van der Waals surface area contributed by atoms with Gasteiger partial charge in [-0.05, 0) is 26.3 Å². The van der Waals surface area contributed by atoms with Crippen molar-refractivity contribution >= 4 is 16.9 Å². The van der Waals surface area contributed by atoms with Crippen LogP contribution in [0.2, 0.25) is 0 Å². The summed E-state index contributed by atoms with van der Waals surface area (Å²) in [4.78, 5) is 11.3. The van der Waals surface area contributed by atoms with Crippen LogP contribution in [0.15, 0.2) is 35.6 Å². The van der Waals surface area contributed by atoms with Gasteiger partial charge in [0.1, 0.15) is 0 Å². The van der Waals surface area contributed by atoms with Crippen LogP contribution in [0, 0.1) is 0 Å². The molecule has 0 fully saturated rings. The Morgan fingerprint density at radius 1 is 1.60 bits per heavy atom. The second-order valence-electron chi connectivity index (χ2n) is 3.54. The average molecular weight is 232 g/mol. The van der Waals surface area contributed by atoms with Crippen LogP contribution in [0.25, 0.3) is 0 Å². The zero-order valence-corrected chi connectivity index (χ0v) is 12.4. The van der Waals surface area contributed by atoms with Crippen LogP contribution in [0.4, 0.5) is 0 Å². The maximum atomic E-state index is 11.7. The Morgan fingerprint density at radius 2 is 2.13 bits per heavy atom. The minimum Gasteiger partial charge on any atom is -0.874 e. The Kier molecular flexibility index (Phi) is 5.41. The van der Waals surface area contributed by atoms with E-state index in [1.165, 1.54) is 0 Å². The molecule has 0 N–H and O–H groups in total. The summed E-state index contributed by atoms with van der Waals surface area (Å²) in [6.07, 6.45) is 3.47. The van der Waals surface area contributed by atoms with Crippen LogP contribution in [0.5, 0.6) is 0 Å². The standard InChI is InChI=1S/C11H14O2S.Na/c1-5-7(2)6-11(4)9(12)8(3)10(13)14-11;/h5-6,12H,1H2,2-4H3;/q;+1/p-1/b7-6-;/t11-;/m1./s1. The van der Waals surface area contributed by atoms with Crippen LogP contribution in [0.3, 0.4) is 0 Å². The molecule has 76 valence electrons. The van der Waals surface area contributed by atoms with Crippen molar-refractivity contribution < 1.29 is 39.5 Å². The Bertz CT molecular complexity index is 358. The predicted octanol–water partition coefficient (Wildman–Crippen LogP) is -1.21. The molecule has 1 atom stereocenters. The van der Waals surface area contributed by atoms with Crippen molar-refractivity contribution in [2.75, 3.05) is 0 Å². The monoisotopic (exact) mass is 232 g/mol. The Morgan fingerprint density at radius 3 is 2.47 bits per heavy atom. The van der Waals surface area contributed by atoms with Gasteiger partial charge in [0.25, 0.3) is 0 Å². The fourth-order valence-electron chi connectivity index (χ4n) is 1.37. The maximum absolute atomic E-state index is 11.7. The van der Waals surface area contributed by atoms with E-state index in [0.717, 1.165) is 17.3 Å². The number of carbonyl (C=O) groups is 1. The van der Waals surface area contributed by atoms with Crippen molar-refractivity contribution in [1.82, 2.24) is 0 Å². The number of carbonyl (C=O) groups excluding carboxylic acids is 1. The minimum absolute atomic E-state index is 0. The van der Waals surface area contributed by atoms with Gasteiger partial charge in [-0.25, -0.2) is 0 Å². The van der Waals surface area contributed by atoms with E-state index in [9.17, 15) is 9.90 Å². The van der Waals surface area contributed by atoms with Gasteiger partial charge < -0.3 is 5.11 Å². The molecule has 0 unspecified atom stereocenters. The zero-order chi connectivity index (χ0) is 10.9. The first-order valence-electron chi connectivity index (χ1n) is 4.34. The molecule has 0 aliphatic carbocycles. The zero-order valence-electron chi connectivity index (χ0n) is 9.59. The summed E-state index contributed by atoms with van der Waals surface area (Å²) >= 11 is 1.08. The van der Waals surface area contributed by atoms with E-state index in [1.807, 2.05) is 6.92 Å². The molecule has 1 aliphatic heterocycles. The summed E-state index contributed by atoms with van der Waals surface area (Å²) in [6.45, 7) is 8.83. The molecule has 1 aliphatic rings. The second kappa shape index (κ2) is 5.39. The van der Waals surface area contributed by atoms with Gasteiger partial charge in [-0.1, -0.05) is 36.1 Å². The topological polar surface area (TPSA) is 40.1 Å². The third-order valence-electron chi connectivity index (χ3n) is 2.23. The van der Waals surface area contributed by atoms with Crippen LogP contribution < -0.4 is 34.7 Å². The van der Waals surface area contributed by atoms with Crippen LogP contribution in [0.1, 0.15) is 20.8 Å². The van der Waals surface area contributed by atoms with Crippen molar-refractivity contribution in [3.8, 4) is 0 Å². The predicted molar refractivity (Wildman–Crippen MR) is 57.7 cm³/mol. The first kappa shape index (κ1) is 15.0. The van der Waals surface area contributed by atoms with Gasteiger partial charge in [0.2, 0.25) is 5.12 Å². The molecule has 0 spiro atoms. The van der Waals surface area contributed by atoms with Gasteiger partial charge in [0.15, 0.2) is 0 Å². The molecule has 0 saturated heterocycles. The molecule has 0 saturated carbocycles. The van der Waals surface area contributed by atoms with Gasteiger partial charge in [-0.2, -0.15) is 0 Å². The van der Waals surface area contributed by atoms with Crippen LogP contribution >= 0.6 is 11.8 Å². The molecule has 1 heterocycles. The van der Waals surface area contributed by atoms with E-state index in [0.29, 0.717) is 5.57 Å². The van der Waals surface area contributed by atoms with Gasteiger partial charge in [0.05, 0.1) is 4.75 Å². The largest absolute Gasteiger partial charge is 1.00 e. The molecule has 4 heteroatoms. The van der Waals surface area contributed by atoms with Gasteiger partial charge in [-0.3, -0.25) is 4.79 Å². The molecule has 2 nitrogen and oxygen atoms in total. The molecule has 15 heavy (non-hydrogen) atoms. The molecular weight excluding hydrogens is 219 g/mol. The van der Waals surface area contributed by atoms with Crippen molar-refractivity contribution in [2.24, 2.45) is 0 Å². The van der Waals surface area contributed by atoms with Crippen LogP contribution in [-0.4, -0.2) is 9.86 Å².